The minimum Gasteiger partial charge on any atom is -0.495 e. The first-order chi connectivity index (χ1) is 11.1. The van der Waals surface area contributed by atoms with Crippen LogP contribution in [-0.2, 0) is 9.53 Å². The van der Waals surface area contributed by atoms with Gasteiger partial charge < -0.3 is 20.1 Å². The van der Waals surface area contributed by atoms with Crippen molar-refractivity contribution in [3.8, 4) is 5.75 Å². The molecule has 1 aliphatic heterocycles. The second-order valence-electron chi connectivity index (χ2n) is 5.50. The van der Waals surface area contributed by atoms with Crippen LogP contribution in [0, 0.1) is 0 Å². The van der Waals surface area contributed by atoms with Crippen molar-refractivity contribution in [2.45, 2.75) is 13.0 Å². The van der Waals surface area contributed by atoms with Crippen LogP contribution < -0.4 is 15.4 Å². The Bertz CT molecular complexity index is 521. The Morgan fingerprint density at radius 2 is 2.17 bits per heavy atom. The normalized spacial score (nSPS) is 16.7. The van der Waals surface area contributed by atoms with Gasteiger partial charge in [-0.1, -0.05) is 11.6 Å². The molecule has 1 saturated heterocycles. The number of carbonyl (C=O) groups excluding carboxylic acids is 1. The van der Waals surface area contributed by atoms with E-state index in [2.05, 4.69) is 22.5 Å². The fourth-order valence-corrected chi connectivity index (χ4v) is 2.64. The van der Waals surface area contributed by atoms with Gasteiger partial charge in [-0.15, -0.1) is 0 Å². The molecular formula is C16H24ClN3O3. The molecule has 0 spiro atoms. The van der Waals surface area contributed by atoms with Crippen molar-refractivity contribution in [2.75, 3.05) is 51.8 Å². The number of anilines is 1. The highest BCUT2D eigenvalue weighted by molar-refractivity contribution is 6.30. The third-order valence-corrected chi connectivity index (χ3v) is 4.10. The first kappa shape index (κ1) is 17.8. The molecule has 1 aliphatic rings. The summed E-state index contributed by atoms with van der Waals surface area (Å²) >= 11 is 5.97. The molecule has 7 heteroatoms. The average Bonchev–Trinajstić information content (AvgIpc) is 2.58. The lowest BCUT2D eigenvalue weighted by molar-refractivity contribution is -0.119. The molecule has 128 valence electrons. The Kier molecular flexibility index (Phi) is 6.95. The molecule has 0 unspecified atom stereocenters. The Labute approximate surface area is 142 Å². The number of carbonyl (C=O) groups is 1. The number of benzene rings is 1. The smallest absolute Gasteiger partial charge is 0.239 e. The number of ether oxygens (including phenoxy) is 2. The van der Waals surface area contributed by atoms with Gasteiger partial charge in [-0.3, -0.25) is 9.69 Å². The summed E-state index contributed by atoms with van der Waals surface area (Å²) in [6.07, 6.45) is 0. The topological polar surface area (TPSA) is 62.8 Å². The van der Waals surface area contributed by atoms with Crippen LogP contribution in [0.15, 0.2) is 18.2 Å². The molecular weight excluding hydrogens is 318 g/mol. The van der Waals surface area contributed by atoms with Gasteiger partial charge in [0.1, 0.15) is 5.75 Å². The number of hydrogen-bond acceptors (Lipinski definition) is 5. The number of morpholine rings is 1. The van der Waals surface area contributed by atoms with Crippen molar-refractivity contribution >= 4 is 23.2 Å². The molecule has 0 saturated carbocycles. The van der Waals surface area contributed by atoms with E-state index in [9.17, 15) is 4.79 Å². The van der Waals surface area contributed by atoms with E-state index in [1.54, 1.807) is 25.3 Å². The van der Waals surface area contributed by atoms with Crippen molar-refractivity contribution in [3.05, 3.63) is 23.2 Å². The summed E-state index contributed by atoms with van der Waals surface area (Å²) in [5, 5.41) is 6.59. The number of halogens is 1. The summed E-state index contributed by atoms with van der Waals surface area (Å²) in [5.41, 5.74) is 0.705. The second kappa shape index (κ2) is 8.96. The zero-order valence-corrected chi connectivity index (χ0v) is 14.4. The summed E-state index contributed by atoms with van der Waals surface area (Å²) in [5.74, 6) is 0.594. The van der Waals surface area contributed by atoms with Gasteiger partial charge in [0.2, 0.25) is 5.91 Å². The van der Waals surface area contributed by atoms with Crippen LogP contribution >= 0.6 is 11.6 Å². The van der Waals surface area contributed by atoms with E-state index < -0.39 is 0 Å². The SMILES string of the molecule is COc1ccc(Cl)cc1NCC(=O)NC[C@H](C)N1CCOCC1. The van der Waals surface area contributed by atoms with Gasteiger partial charge in [0, 0.05) is 30.7 Å². The first-order valence-corrected chi connectivity index (χ1v) is 8.14. The lowest BCUT2D eigenvalue weighted by Crippen LogP contribution is -2.47. The Morgan fingerprint density at radius 3 is 2.87 bits per heavy atom. The third kappa shape index (κ3) is 5.57. The average molecular weight is 342 g/mol. The van der Waals surface area contributed by atoms with Gasteiger partial charge in [0.15, 0.2) is 0 Å². The highest BCUT2D eigenvalue weighted by atomic mass is 35.5. The number of nitrogens with zero attached hydrogens (tertiary/aromatic N) is 1. The van der Waals surface area contributed by atoms with Crippen LogP contribution in [0.4, 0.5) is 5.69 Å². The predicted octanol–water partition coefficient (Wildman–Crippen LogP) is 1.60. The molecule has 2 N–H and O–H groups in total. The molecule has 1 atom stereocenters. The van der Waals surface area contributed by atoms with Crippen LogP contribution in [0.25, 0.3) is 0 Å². The minimum atomic E-state index is -0.0628. The Balaban J connectivity index is 1.75. The molecule has 1 aromatic carbocycles. The molecule has 0 radical (unpaired) electrons. The minimum absolute atomic E-state index is 0.0628. The highest BCUT2D eigenvalue weighted by Crippen LogP contribution is 2.27. The van der Waals surface area contributed by atoms with Crippen LogP contribution in [0.3, 0.4) is 0 Å². The van der Waals surface area contributed by atoms with Gasteiger partial charge in [0.25, 0.3) is 0 Å². The zero-order valence-electron chi connectivity index (χ0n) is 13.6. The Hall–Kier alpha value is -1.50. The maximum absolute atomic E-state index is 12.0. The van der Waals surface area contributed by atoms with Crippen molar-refractivity contribution in [1.29, 1.82) is 0 Å². The first-order valence-electron chi connectivity index (χ1n) is 7.76. The van der Waals surface area contributed by atoms with Gasteiger partial charge in [-0.05, 0) is 25.1 Å². The van der Waals surface area contributed by atoms with Crippen molar-refractivity contribution < 1.29 is 14.3 Å². The van der Waals surface area contributed by atoms with E-state index in [1.165, 1.54) is 0 Å². The highest BCUT2D eigenvalue weighted by Gasteiger charge is 2.17. The second-order valence-corrected chi connectivity index (χ2v) is 5.94. The molecule has 1 amide bonds. The quantitative estimate of drug-likeness (QED) is 0.788. The van der Waals surface area contributed by atoms with Gasteiger partial charge in [-0.2, -0.15) is 0 Å². The van der Waals surface area contributed by atoms with Crippen LogP contribution in [-0.4, -0.2) is 63.4 Å². The molecule has 1 aromatic rings. The van der Waals surface area contributed by atoms with E-state index in [0.717, 1.165) is 26.3 Å². The molecule has 0 aliphatic carbocycles. The summed E-state index contributed by atoms with van der Waals surface area (Å²) in [4.78, 5) is 14.3. The summed E-state index contributed by atoms with van der Waals surface area (Å²) in [6.45, 7) is 6.24. The maximum Gasteiger partial charge on any atom is 0.239 e. The summed E-state index contributed by atoms with van der Waals surface area (Å²) < 4.78 is 10.6. The largest absolute Gasteiger partial charge is 0.495 e. The van der Waals surface area contributed by atoms with Crippen molar-refractivity contribution in [1.82, 2.24) is 10.2 Å². The van der Waals surface area contributed by atoms with Gasteiger partial charge >= 0.3 is 0 Å². The standard InChI is InChI=1S/C16H24ClN3O3/c1-12(20-5-7-23-8-6-20)10-19-16(21)11-18-14-9-13(17)3-4-15(14)22-2/h3-4,9,12,18H,5-8,10-11H2,1-2H3,(H,19,21)/t12-/m0/s1. The summed E-state index contributed by atoms with van der Waals surface area (Å²) in [6, 6.07) is 5.55. The van der Waals surface area contributed by atoms with Crippen LogP contribution in [0.5, 0.6) is 5.75 Å². The van der Waals surface area contributed by atoms with Crippen LogP contribution in [0.2, 0.25) is 5.02 Å². The van der Waals surface area contributed by atoms with E-state index in [-0.39, 0.29) is 12.5 Å². The molecule has 23 heavy (non-hydrogen) atoms. The number of hydrogen-bond donors (Lipinski definition) is 2. The van der Waals surface area contributed by atoms with Crippen molar-refractivity contribution in [2.24, 2.45) is 0 Å². The number of amides is 1. The maximum atomic E-state index is 12.0. The fraction of sp³-hybridized carbons (Fsp3) is 0.562. The van der Waals surface area contributed by atoms with E-state index >= 15 is 0 Å². The molecule has 0 bridgehead atoms. The molecule has 0 aromatic heterocycles. The fourth-order valence-electron chi connectivity index (χ4n) is 2.47. The van der Waals surface area contributed by atoms with Gasteiger partial charge in [-0.25, -0.2) is 0 Å². The van der Waals surface area contributed by atoms with E-state index in [1.807, 2.05) is 0 Å². The molecule has 1 heterocycles. The van der Waals surface area contributed by atoms with Crippen molar-refractivity contribution in [3.63, 3.8) is 0 Å². The summed E-state index contributed by atoms with van der Waals surface area (Å²) in [7, 11) is 1.58. The number of rotatable bonds is 7. The van der Waals surface area contributed by atoms with Gasteiger partial charge in [0.05, 0.1) is 32.6 Å². The number of nitrogens with one attached hydrogen (secondary N) is 2. The van der Waals surface area contributed by atoms with E-state index in [0.29, 0.717) is 29.0 Å². The predicted molar refractivity (Wildman–Crippen MR) is 91.4 cm³/mol. The molecule has 2 rings (SSSR count). The monoisotopic (exact) mass is 341 g/mol. The molecule has 6 nitrogen and oxygen atoms in total. The lowest BCUT2D eigenvalue weighted by atomic mass is 10.2. The number of methoxy groups -OCH3 is 1. The zero-order chi connectivity index (χ0) is 16.7. The third-order valence-electron chi connectivity index (χ3n) is 3.86. The Morgan fingerprint density at radius 1 is 1.43 bits per heavy atom. The van der Waals surface area contributed by atoms with Crippen LogP contribution in [0.1, 0.15) is 6.92 Å². The van der Waals surface area contributed by atoms with E-state index in [4.69, 9.17) is 21.1 Å². The molecule has 1 fully saturated rings. The lowest BCUT2D eigenvalue weighted by Gasteiger charge is -2.32.